The van der Waals surface area contributed by atoms with Crippen LogP contribution < -0.4 is 5.32 Å². The number of aromatic nitrogens is 1. The zero-order valence-corrected chi connectivity index (χ0v) is 12.3. The highest BCUT2D eigenvalue weighted by Crippen LogP contribution is 2.13. The Balaban J connectivity index is 1.98. The molecule has 1 amide bonds. The molecular weight excluding hydrogens is 304 g/mol. The second kappa shape index (κ2) is 6.48. The van der Waals surface area contributed by atoms with Crippen molar-refractivity contribution in [2.45, 2.75) is 19.9 Å². The van der Waals surface area contributed by atoms with Gasteiger partial charge in [0, 0.05) is 17.2 Å². The standard InChI is InChI=1S/C15H15BrN2O/c1-2-11-5-7-12(8-6-11)10-18-15(19)14-13(16)4-3-9-17-14/h3-9H,2,10H2,1H3,(H,18,19). The van der Waals surface area contributed by atoms with E-state index in [1.807, 2.05) is 12.1 Å². The van der Waals surface area contributed by atoms with E-state index in [1.165, 1.54) is 5.56 Å². The highest BCUT2D eigenvalue weighted by atomic mass is 79.9. The Morgan fingerprint density at radius 3 is 2.53 bits per heavy atom. The molecule has 1 heterocycles. The minimum atomic E-state index is -0.174. The fourth-order valence-electron chi connectivity index (χ4n) is 1.71. The van der Waals surface area contributed by atoms with Crippen LogP contribution in [0.5, 0.6) is 0 Å². The van der Waals surface area contributed by atoms with Crippen LogP contribution in [0.15, 0.2) is 47.1 Å². The summed E-state index contributed by atoms with van der Waals surface area (Å²) in [4.78, 5) is 16.0. The quantitative estimate of drug-likeness (QED) is 0.939. The molecule has 0 atom stereocenters. The van der Waals surface area contributed by atoms with Crippen LogP contribution in [0.2, 0.25) is 0 Å². The van der Waals surface area contributed by atoms with Gasteiger partial charge in [-0.1, -0.05) is 31.2 Å². The van der Waals surface area contributed by atoms with Crippen molar-refractivity contribution >= 4 is 21.8 Å². The minimum Gasteiger partial charge on any atom is -0.347 e. The molecule has 0 aliphatic carbocycles. The summed E-state index contributed by atoms with van der Waals surface area (Å²) in [6.45, 7) is 2.63. The Bertz CT molecular complexity index is 567. The Kier molecular flexibility index (Phi) is 4.68. The molecule has 4 heteroatoms. The summed E-state index contributed by atoms with van der Waals surface area (Å²) >= 11 is 3.32. The first-order valence-electron chi connectivity index (χ1n) is 6.17. The van der Waals surface area contributed by atoms with Gasteiger partial charge in [0.2, 0.25) is 0 Å². The molecule has 0 fully saturated rings. The Morgan fingerprint density at radius 1 is 1.21 bits per heavy atom. The fraction of sp³-hybridized carbons (Fsp3) is 0.200. The average molecular weight is 319 g/mol. The number of benzene rings is 1. The van der Waals surface area contributed by atoms with Gasteiger partial charge in [-0.2, -0.15) is 0 Å². The predicted octanol–water partition coefficient (Wildman–Crippen LogP) is 3.34. The molecule has 2 rings (SSSR count). The van der Waals surface area contributed by atoms with Crippen LogP contribution in [0.4, 0.5) is 0 Å². The maximum absolute atomic E-state index is 12.0. The zero-order chi connectivity index (χ0) is 13.7. The summed E-state index contributed by atoms with van der Waals surface area (Å²) in [7, 11) is 0. The van der Waals surface area contributed by atoms with Gasteiger partial charge in [0.15, 0.2) is 0 Å². The van der Waals surface area contributed by atoms with Crippen molar-refractivity contribution in [1.29, 1.82) is 0 Å². The average Bonchev–Trinajstić information content (AvgIpc) is 2.46. The van der Waals surface area contributed by atoms with Crippen molar-refractivity contribution in [1.82, 2.24) is 10.3 Å². The maximum atomic E-state index is 12.0. The second-order valence-corrected chi connectivity index (χ2v) is 5.04. The molecule has 0 spiro atoms. The first kappa shape index (κ1) is 13.7. The van der Waals surface area contributed by atoms with Crippen LogP contribution in [0, 0.1) is 0 Å². The normalized spacial score (nSPS) is 10.2. The molecule has 0 saturated heterocycles. The molecule has 0 unspecified atom stereocenters. The van der Waals surface area contributed by atoms with Gasteiger partial charge in [-0.15, -0.1) is 0 Å². The van der Waals surface area contributed by atoms with Crippen LogP contribution >= 0.6 is 15.9 Å². The summed E-state index contributed by atoms with van der Waals surface area (Å²) in [5.41, 5.74) is 2.79. The summed E-state index contributed by atoms with van der Waals surface area (Å²) in [5.74, 6) is -0.174. The molecule has 0 bridgehead atoms. The Labute approximate surface area is 121 Å². The van der Waals surface area contributed by atoms with E-state index in [0.717, 1.165) is 12.0 Å². The smallest absolute Gasteiger partial charge is 0.271 e. The SMILES string of the molecule is CCc1ccc(CNC(=O)c2ncccc2Br)cc1. The molecule has 0 aliphatic rings. The lowest BCUT2D eigenvalue weighted by Gasteiger charge is -2.06. The van der Waals surface area contributed by atoms with Gasteiger partial charge < -0.3 is 5.32 Å². The summed E-state index contributed by atoms with van der Waals surface area (Å²) < 4.78 is 0.703. The van der Waals surface area contributed by atoms with Crippen molar-refractivity contribution in [3.8, 4) is 0 Å². The molecule has 1 aromatic carbocycles. The third-order valence-corrected chi connectivity index (χ3v) is 3.50. The number of hydrogen-bond donors (Lipinski definition) is 1. The summed E-state index contributed by atoms with van der Waals surface area (Å²) in [5, 5.41) is 2.86. The van der Waals surface area contributed by atoms with Gasteiger partial charge in [-0.05, 0) is 45.6 Å². The predicted molar refractivity (Wildman–Crippen MR) is 78.9 cm³/mol. The highest BCUT2D eigenvalue weighted by Gasteiger charge is 2.10. The number of aryl methyl sites for hydroxylation is 1. The molecular formula is C15H15BrN2O. The van der Waals surface area contributed by atoms with Crippen LogP contribution in [-0.4, -0.2) is 10.9 Å². The van der Waals surface area contributed by atoms with Crippen LogP contribution in [0.25, 0.3) is 0 Å². The van der Waals surface area contributed by atoms with Gasteiger partial charge in [0.25, 0.3) is 5.91 Å². The summed E-state index contributed by atoms with van der Waals surface area (Å²) in [6.07, 6.45) is 2.63. The van der Waals surface area contributed by atoms with Gasteiger partial charge in [0.1, 0.15) is 5.69 Å². The van der Waals surface area contributed by atoms with Crippen molar-refractivity contribution in [2.24, 2.45) is 0 Å². The monoisotopic (exact) mass is 318 g/mol. The van der Waals surface area contributed by atoms with Crippen LogP contribution in [0.3, 0.4) is 0 Å². The number of nitrogens with one attached hydrogen (secondary N) is 1. The number of hydrogen-bond acceptors (Lipinski definition) is 2. The first-order valence-corrected chi connectivity index (χ1v) is 6.96. The van der Waals surface area contributed by atoms with Crippen LogP contribution in [-0.2, 0) is 13.0 Å². The zero-order valence-electron chi connectivity index (χ0n) is 10.7. The molecule has 3 nitrogen and oxygen atoms in total. The number of amides is 1. The molecule has 2 aromatic rings. The van der Waals surface area contributed by atoms with Gasteiger partial charge >= 0.3 is 0 Å². The van der Waals surface area contributed by atoms with Crippen molar-refractivity contribution < 1.29 is 4.79 Å². The van der Waals surface area contributed by atoms with Crippen molar-refractivity contribution in [3.05, 3.63) is 63.9 Å². The molecule has 0 radical (unpaired) electrons. The topological polar surface area (TPSA) is 42.0 Å². The van der Waals surface area contributed by atoms with Gasteiger partial charge in [-0.25, -0.2) is 4.98 Å². The van der Waals surface area contributed by atoms with E-state index in [9.17, 15) is 4.79 Å². The summed E-state index contributed by atoms with van der Waals surface area (Å²) in [6, 6.07) is 11.8. The third kappa shape index (κ3) is 3.64. The third-order valence-electron chi connectivity index (χ3n) is 2.86. The number of carbonyl (C=O) groups excluding carboxylic acids is 1. The molecule has 98 valence electrons. The lowest BCUT2D eigenvalue weighted by atomic mass is 10.1. The number of halogens is 1. The van der Waals surface area contributed by atoms with E-state index in [1.54, 1.807) is 18.3 Å². The Hall–Kier alpha value is -1.68. The van der Waals surface area contributed by atoms with E-state index in [4.69, 9.17) is 0 Å². The van der Waals surface area contributed by atoms with E-state index in [-0.39, 0.29) is 5.91 Å². The minimum absolute atomic E-state index is 0.174. The highest BCUT2D eigenvalue weighted by molar-refractivity contribution is 9.10. The molecule has 1 aromatic heterocycles. The molecule has 1 N–H and O–H groups in total. The van der Waals surface area contributed by atoms with Gasteiger partial charge in [0.05, 0.1) is 0 Å². The Morgan fingerprint density at radius 2 is 1.89 bits per heavy atom. The lowest BCUT2D eigenvalue weighted by Crippen LogP contribution is -2.24. The fourth-order valence-corrected chi connectivity index (χ4v) is 2.15. The van der Waals surface area contributed by atoms with E-state index in [0.29, 0.717) is 16.7 Å². The largest absolute Gasteiger partial charge is 0.347 e. The lowest BCUT2D eigenvalue weighted by molar-refractivity contribution is 0.0945. The van der Waals surface area contributed by atoms with E-state index < -0.39 is 0 Å². The van der Waals surface area contributed by atoms with Gasteiger partial charge in [-0.3, -0.25) is 4.79 Å². The number of carbonyl (C=O) groups is 1. The molecule has 0 saturated carbocycles. The van der Waals surface area contributed by atoms with Crippen molar-refractivity contribution in [2.75, 3.05) is 0 Å². The van der Waals surface area contributed by atoms with E-state index in [2.05, 4.69) is 45.3 Å². The number of rotatable bonds is 4. The first-order chi connectivity index (χ1) is 9.20. The van der Waals surface area contributed by atoms with Crippen LogP contribution in [0.1, 0.15) is 28.5 Å². The molecule has 19 heavy (non-hydrogen) atoms. The van der Waals surface area contributed by atoms with Crippen molar-refractivity contribution in [3.63, 3.8) is 0 Å². The number of pyridine rings is 1. The maximum Gasteiger partial charge on any atom is 0.271 e. The van der Waals surface area contributed by atoms with E-state index >= 15 is 0 Å². The number of nitrogens with zero attached hydrogens (tertiary/aromatic N) is 1. The second-order valence-electron chi connectivity index (χ2n) is 4.19. The molecule has 0 aliphatic heterocycles.